The number of hydrogen-bond donors (Lipinski definition) is 3. The van der Waals surface area contributed by atoms with Crippen molar-refractivity contribution in [3.05, 3.63) is 24.3 Å². The number of benzene rings is 1. The van der Waals surface area contributed by atoms with Crippen molar-refractivity contribution in [2.75, 3.05) is 11.1 Å². The largest absolute Gasteiger partial charge is 0.326 e. The van der Waals surface area contributed by atoms with Gasteiger partial charge in [0.25, 0.3) is 0 Å². The number of unbranched alkanes of at least 4 members (excludes halogenated alkanes) is 1. The van der Waals surface area contributed by atoms with E-state index in [2.05, 4.69) is 10.7 Å². The number of nitrogens with one attached hydrogen (secondary N) is 2. The summed E-state index contributed by atoms with van der Waals surface area (Å²) in [6.07, 6.45) is 2.27. The van der Waals surface area contributed by atoms with Crippen LogP contribution in [0.2, 0.25) is 0 Å². The molecule has 0 saturated carbocycles. The molecule has 0 atom stereocenters. The van der Waals surface area contributed by atoms with Gasteiger partial charge in [0, 0.05) is 23.9 Å². The number of carbonyl (C=O) groups excluding carboxylic acids is 2. The SMILES string of the molecule is CC(=O)Nc1ccc(SCCCCC(=O)NN)cc1. The van der Waals surface area contributed by atoms with Crippen LogP contribution in [0, 0.1) is 0 Å². The van der Waals surface area contributed by atoms with Crippen LogP contribution in [-0.2, 0) is 9.59 Å². The molecule has 104 valence electrons. The monoisotopic (exact) mass is 281 g/mol. The quantitative estimate of drug-likeness (QED) is 0.234. The molecular weight excluding hydrogens is 262 g/mol. The van der Waals surface area contributed by atoms with Crippen LogP contribution in [0.25, 0.3) is 0 Å². The highest BCUT2D eigenvalue weighted by atomic mass is 32.2. The van der Waals surface area contributed by atoms with Gasteiger partial charge in [0.1, 0.15) is 0 Å². The highest BCUT2D eigenvalue weighted by Crippen LogP contribution is 2.21. The number of thioether (sulfide) groups is 1. The van der Waals surface area contributed by atoms with Crippen molar-refractivity contribution in [1.29, 1.82) is 0 Å². The van der Waals surface area contributed by atoms with E-state index < -0.39 is 0 Å². The van der Waals surface area contributed by atoms with Crippen LogP contribution in [0.15, 0.2) is 29.2 Å². The number of nitrogens with two attached hydrogens (primary N) is 1. The maximum atomic E-state index is 10.9. The van der Waals surface area contributed by atoms with Gasteiger partial charge in [-0.25, -0.2) is 5.84 Å². The van der Waals surface area contributed by atoms with Crippen molar-refractivity contribution < 1.29 is 9.59 Å². The molecule has 0 spiro atoms. The Morgan fingerprint density at radius 3 is 2.47 bits per heavy atom. The summed E-state index contributed by atoms with van der Waals surface area (Å²) in [6.45, 7) is 1.49. The Bertz CT molecular complexity index is 420. The van der Waals surface area contributed by atoms with E-state index in [1.54, 1.807) is 11.8 Å². The van der Waals surface area contributed by atoms with E-state index in [4.69, 9.17) is 5.84 Å². The molecule has 0 aromatic heterocycles. The molecule has 4 N–H and O–H groups in total. The molecule has 0 saturated heterocycles. The average molecular weight is 281 g/mol. The minimum Gasteiger partial charge on any atom is -0.326 e. The topological polar surface area (TPSA) is 84.2 Å². The zero-order chi connectivity index (χ0) is 14.1. The van der Waals surface area contributed by atoms with Crippen molar-refractivity contribution in [2.45, 2.75) is 31.1 Å². The lowest BCUT2D eigenvalue weighted by Crippen LogP contribution is -2.29. The summed E-state index contributed by atoms with van der Waals surface area (Å²) in [4.78, 5) is 22.9. The molecule has 1 rings (SSSR count). The van der Waals surface area contributed by atoms with Crippen molar-refractivity contribution >= 4 is 29.3 Å². The van der Waals surface area contributed by atoms with Gasteiger partial charge in [0.2, 0.25) is 11.8 Å². The third kappa shape index (κ3) is 6.83. The summed E-state index contributed by atoms with van der Waals surface area (Å²) in [5, 5.41) is 2.72. The highest BCUT2D eigenvalue weighted by molar-refractivity contribution is 7.99. The lowest BCUT2D eigenvalue weighted by atomic mass is 10.2. The lowest BCUT2D eigenvalue weighted by molar-refractivity contribution is -0.121. The number of hydrogen-bond acceptors (Lipinski definition) is 4. The first-order valence-corrected chi connectivity index (χ1v) is 7.10. The molecule has 0 aliphatic heterocycles. The van der Waals surface area contributed by atoms with Crippen LogP contribution in [0.3, 0.4) is 0 Å². The molecule has 19 heavy (non-hydrogen) atoms. The number of hydrazine groups is 1. The van der Waals surface area contributed by atoms with Gasteiger partial charge in [-0.15, -0.1) is 11.8 Å². The third-order valence-electron chi connectivity index (χ3n) is 2.40. The van der Waals surface area contributed by atoms with Crippen LogP contribution >= 0.6 is 11.8 Å². The van der Waals surface area contributed by atoms with E-state index >= 15 is 0 Å². The number of carbonyl (C=O) groups is 2. The predicted octanol–water partition coefficient (Wildman–Crippen LogP) is 1.90. The molecule has 0 unspecified atom stereocenters. The first-order chi connectivity index (χ1) is 9.11. The molecule has 1 aromatic carbocycles. The van der Waals surface area contributed by atoms with E-state index in [1.807, 2.05) is 24.3 Å². The molecule has 0 heterocycles. The Morgan fingerprint density at radius 1 is 1.21 bits per heavy atom. The van der Waals surface area contributed by atoms with Gasteiger partial charge in [0.05, 0.1) is 0 Å². The summed E-state index contributed by atoms with van der Waals surface area (Å²) in [7, 11) is 0. The van der Waals surface area contributed by atoms with Crippen LogP contribution in [0.1, 0.15) is 26.2 Å². The van der Waals surface area contributed by atoms with Crippen LogP contribution in [0.5, 0.6) is 0 Å². The molecule has 2 amide bonds. The number of rotatable bonds is 7. The fourth-order valence-electron chi connectivity index (χ4n) is 1.49. The Hall–Kier alpha value is -1.53. The summed E-state index contributed by atoms with van der Waals surface area (Å²) < 4.78 is 0. The smallest absolute Gasteiger partial charge is 0.233 e. The summed E-state index contributed by atoms with van der Waals surface area (Å²) >= 11 is 1.73. The Labute approximate surface area is 117 Å². The molecule has 0 radical (unpaired) electrons. The van der Waals surface area contributed by atoms with Crippen LogP contribution in [-0.4, -0.2) is 17.6 Å². The highest BCUT2D eigenvalue weighted by Gasteiger charge is 1.99. The van der Waals surface area contributed by atoms with E-state index in [-0.39, 0.29) is 11.8 Å². The minimum atomic E-state index is -0.121. The van der Waals surface area contributed by atoms with Gasteiger partial charge in [-0.3, -0.25) is 15.0 Å². The van der Waals surface area contributed by atoms with Crippen LogP contribution < -0.4 is 16.6 Å². The summed E-state index contributed by atoms with van der Waals surface area (Å²) in [6, 6.07) is 7.71. The second kappa shape index (κ2) is 8.55. The fraction of sp³-hybridized carbons (Fsp3) is 0.385. The zero-order valence-electron chi connectivity index (χ0n) is 10.9. The number of anilines is 1. The summed E-state index contributed by atoms with van der Waals surface area (Å²) in [5.41, 5.74) is 2.92. The third-order valence-corrected chi connectivity index (χ3v) is 3.50. The Balaban J connectivity index is 2.22. The first kappa shape index (κ1) is 15.5. The van der Waals surface area contributed by atoms with E-state index in [0.717, 1.165) is 29.2 Å². The van der Waals surface area contributed by atoms with Crippen molar-refractivity contribution in [2.24, 2.45) is 5.84 Å². The molecule has 1 aromatic rings. The molecule has 6 heteroatoms. The van der Waals surface area contributed by atoms with E-state index in [1.165, 1.54) is 6.92 Å². The minimum absolute atomic E-state index is 0.0708. The van der Waals surface area contributed by atoms with Crippen molar-refractivity contribution in [3.8, 4) is 0 Å². The molecular formula is C13H19N3O2S. The average Bonchev–Trinajstić information content (AvgIpc) is 2.39. The second-order valence-electron chi connectivity index (χ2n) is 4.08. The van der Waals surface area contributed by atoms with Gasteiger partial charge in [-0.2, -0.15) is 0 Å². The maximum Gasteiger partial charge on any atom is 0.233 e. The Morgan fingerprint density at radius 2 is 1.89 bits per heavy atom. The lowest BCUT2D eigenvalue weighted by Gasteiger charge is -2.04. The molecule has 0 aliphatic rings. The first-order valence-electron chi connectivity index (χ1n) is 6.11. The molecule has 0 bridgehead atoms. The predicted molar refractivity (Wildman–Crippen MR) is 77.7 cm³/mol. The van der Waals surface area contributed by atoms with Gasteiger partial charge in [-0.05, 0) is 42.9 Å². The van der Waals surface area contributed by atoms with E-state index in [9.17, 15) is 9.59 Å². The fourth-order valence-corrected chi connectivity index (χ4v) is 2.40. The van der Waals surface area contributed by atoms with E-state index in [0.29, 0.717) is 6.42 Å². The van der Waals surface area contributed by atoms with Gasteiger partial charge < -0.3 is 5.32 Å². The van der Waals surface area contributed by atoms with Crippen molar-refractivity contribution in [1.82, 2.24) is 5.43 Å². The normalized spacial score (nSPS) is 10.0. The molecule has 5 nitrogen and oxygen atoms in total. The molecule has 0 aliphatic carbocycles. The van der Waals surface area contributed by atoms with Gasteiger partial charge >= 0.3 is 0 Å². The number of amides is 2. The van der Waals surface area contributed by atoms with Crippen LogP contribution in [0.4, 0.5) is 5.69 Å². The van der Waals surface area contributed by atoms with Gasteiger partial charge in [0.15, 0.2) is 0 Å². The Kier molecular flexibility index (Phi) is 6.99. The summed E-state index contributed by atoms with van der Waals surface area (Å²) in [5.74, 6) is 5.76. The zero-order valence-corrected chi connectivity index (χ0v) is 11.8. The molecule has 0 fully saturated rings. The van der Waals surface area contributed by atoms with Crippen molar-refractivity contribution in [3.63, 3.8) is 0 Å². The second-order valence-corrected chi connectivity index (χ2v) is 5.25. The van der Waals surface area contributed by atoms with Gasteiger partial charge in [-0.1, -0.05) is 0 Å². The maximum absolute atomic E-state index is 10.9. The standard InChI is InChI=1S/C13H19N3O2S/c1-10(17)15-11-5-7-12(8-6-11)19-9-3-2-4-13(18)16-14/h5-8H,2-4,9,14H2,1H3,(H,15,17)(H,16,18).